The van der Waals surface area contributed by atoms with Crippen LogP contribution < -0.4 is 11.5 Å². The second-order valence-electron chi connectivity index (χ2n) is 4.63. The molecule has 6 nitrogen and oxygen atoms in total. The van der Waals surface area contributed by atoms with Crippen molar-refractivity contribution in [2.75, 3.05) is 5.73 Å². The maximum absolute atomic E-state index is 13.9. The highest BCUT2D eigenvalue weighted by molar-refractivity contribution is 6.00. The molecule has 0 spiro atoms. The molecular formula is C15H12FN5O. The summed E-state index contributed by atoms with van der Waals surface area (Å²) in [6.07, 6.45) is 0.977. The lowest BCUT2D eigenvalue weighted by Crippen LogP contribution is -2.11. The van der Waals surface area contributed by atoms with Crippen molar-refractivity contribution in [2.45, 2.75) is 0 Å². The van der Waals surface area contributed by atoms with E-state index >= 15 is 0 Å². The number of aromatic amines is 1. The van der Waals surface area contributed by atoms with Gasteiger partial charge < -0.3 is 16.5 Å². The van der Waals surface area contributed by atoms with Gasteiger partial charge in [0, 0.05) is 0 Å². The number of amides is 1. The van der Waals surface area contributed by atoms with Crippen molar-refractivity contribution in [1.29, 1.82) is 0 Å². The Morgan fingerprint density at radius 1 is 1.23 bits per heavy atom. The third-order valence-electron chi connectivity index (χ3n) is 3.16. The summed E-state index contributed by atoms with van der Waals surface area (Å²) in [5.74, 6) is -1.33. The molecule has 2 aromatic heterocycles. The van der Waals surface area contributed by atoms with Crippen LogP contribution in [0, 0.1) is 5.82 Å². The molecule has 5 N–H and O–H groups in total. The number of carbonyl (C=O) groups excluding carboxylic acids is 1. The van der Waals surface area contributed by atoms with E-state index in [0.717, 1.165) is 11.8 Å². The van der Waals surface area contributed by atoms with Crippen LogP contribution in [0.1, 0.15) is 10.4 Å². The van der Waals surface area contributed by atoms with Crippen LogP contribution in [-0.4, -0.2) is 20.9 Å². The Balaban J connectivity index is 2.19. The number of carbonyl (C=O) groups is 1. The van der Waals surface area contributed by atoms with Gasteiger partial charge in [-0.25, -0.2) is 14.4 Å². The molecule has 0 fully saturated rings. The largest absolute Gasteiger partial charge is 0.368 e. The molecule has 2 heterocycles. The van der Waals surface area contributed by atoms with Crippen LogP contribution in [0.5, 0.6) is 0 Å². The Hall–Kier alpha value is -3.22. The highest BCUT2D eigenvalue weighted by atomic mass is 19.1. The molecule has 0 aliphatic heterocycles. The number of primary amides is 1. The number of nitrogen functional groups attached to an aromatic ring is 1. The summed E-state index contributed by atoms with van der Waals surface area (Å²) in [4.78, 5) is 22.1. The minimum atomic E-state index is -0.647. The van der Waals surface area contributed by atoms with Crippen molar-refractivity contribution in [3.05, 3.63) is 54.0 Å². The monoisotopic (exact) mass is 297 g/mol. The number of halogens is 1. The average molecular weight is 297 g/mol. The number of nitrogens with one attached hydrogen (secondary N) is 1. The Bertz CT molecular complexity index is 844. The lowest BCUT2D eigenvalue weighted by Gasteiger charge is -2.01. The minimum Gasteiger partial charge on any atom is -0.368 e. The second kappa shape index (κ2) is 5.28. The predicted molar refractivity (Wildman–Crippen MR) is 80.1 cm³/mol. The molecule has 7 heteroatoms. The number of aromatic nitrogens is 3. The number of hydrogen-bond acceptors (Lipinski definition) is 4. The average Bonchev–Trinajstić information content (AvgIpc) is 2.96. The highest BCUT2D eigenvalue weighted by Crippen LogP contribution is 2.29. The molecule has 0 radical (unpaired) electrons. The van der Waals surface area contributed by atoms with Gasteiger partial charge in [0.25, 0.3) is 5.91 Å². The first-order valence-electron chi connectivity index (χ1n) is 6.43. The van der Waals surface area contributed by atoms with E-state index in [1.54, 1.807) is 0 Å². The minimum absolute atomic E-state index is 0.0165. The molecule has 0 atom stereocenters. The van der Waals surface area contributed by atoms with E-state index in [4.69, 9.17) is 11.5 Å². The molecule has 22 heavy (non-hydrogen) atoms. The van der Waals surface area contributed by atoms with Gasteiger partial charge in [0.2, 0.25) is 5.95 Å². The lowest BCUT2D eigenvalue weighted by atomic mass is 10.1. The van der Waals surface area contributed by atoms with Crippen molar-refractivity contribution >= 4 is 11.9 Å². The molecule has 0 bridgehead atoms. The van der Waals surface area contributed by atoms with E-state index in [2.05, 4.69) is 15.0 Å². The normalized spacial score (nSPS) is 10.6. The molecule has 110 valence electrons. The van der Waals surface area contributed by atoms with Crippen LogP contribution in [0.3, 0.4) is 0 Å². The van der Waals surface area contributed by atoms with Gasteiger partial charge in [-0.1, -0.05) is 30.3 Å². The van der Waals surface area contributed by atoms with Crippen molar-refractivity contribution in [1.82, 2.24) is 15.0 Å². The third kappa shape index (κ3) is 2.39. The summed E-state index contributed by atoms with van der Waals surface area (Å²) in [5.41, 5.74) is 12.7. The molecule has 0 aliphatic rings. The van der Waals surface area contributed by atoms with Gasteiger partial charge in [0.1, 0.15) is 5.69 Å². The number of rotatable bonds is 3. The summed E-state index contributed by atoms with van der Waals surface area (Å²) < 4.78 is 13.9. The molecule has 3 aromatic rings. The Kier molecular flexibility index (Phi) is 3.30. The first-order chi connectivity index (χ1) is 10.6. The zero-order valence-corrected chi connectivity index (χ0v) is 11.4. The van der Waals surface area contributed by atoms with E-state index in [0.29, 0.717) is 11.4 Å². The van der Waals surface area contributed by atoms with Crippen molar-refractivity contribution in [3.63, 3.8) is 0 Å². The summed E-state index contributed by atoms with van der Waals surface area (Å²) in [6, 6.07) is 10.6. The Morgan fingerprint density at radius 3 is 2.64 bits per heavy atom. The topological polar surface area (TPSA) is 111 Å². The van der Waals surface area contributed by atoms with Gasteiger partial charge in [0.15, 0.2) is 5.82 Å². The molecule has 0 aliphatic carbocycles. The van der Waals surface area contributed by atoms with Crippen molar-refractivity contribution < 1.29 is 9.18 Å². The SMILES string of the molecule is NC(=O)c1cc(-c2nc(N)ncc2F)[nH]c1-c1ccccc1. The first kappa shape index (κ1) is 13.7. The van der Waals surface area contributed by atoms with Crippen molar-refractivity contribution in [2.24, 2.45) is 5.73 Å². The molecule has 0 saturated heterocycles. The molecular weight excluding hydrogens is 285 g/mol. The summed E-state index contributed by atoms with van der Waals surface area (Å²) in [6.45, 7) is 0. The maximum atomic E-state index is 13.9. The van der Waals surface area contributed by atoms with E-state index in [1.165, 1.54) is 6.07 Å². The highest BCUT2D eigenvalue weighted by Gasteiger charge is 2.18. The number of benzene rings is 1. The van der Waals surface area contributed by atoms with Crippen LogP contribution in [0.25, 0.3) is 22.6 Å². The van der Waals surface area contributed by atoms with Gasteiger partial charge in [0.05, 0.1) is 23.1 Å². The fraction of sp³-hybridized carbons (Fsp3) is 0. The smallest absolute Gasteiger partial charge is 0.250 e. The molecule has 3 rings (SSSR count). The van der Waals surface area contributed by atoms with Gasteiger partial charge in [-0.2, -0.15) is 0 Å². The third-order valence-corrected chi connectivity index (χ3v) is 3.16. The summed E-state index contributed by atoms with van der Waals surface area (Å²) >= 11 is 0. The fourth-order valence-electron chi connectivity index (χ4n) is 2.18. The number of H-pyrrole nitrogens is 1. The quantitative estimate of drug-likeness (QED) is 0.686. The van der Waals surface area contributed by atoms with E-state index in [9.17, 15) is 9.18 Å². The van der Waals surface area contributed by atoms with Crippen molar-refractivity contribution in [3.8, 4) is 22.6 Å². The lowest BCUT2D eigenvalue weighted by molar-refractivity contribution is 0.100. The molecule has 0 unspecified atom stereocenters. The van der Waals surface area contributed by atoms with Crippen LogP contribution >= 0.6 is 0 Å². The maximum Gasteiger partial charge on any atom is 0.250 e. The Labute approximate surface area is 125 Å². The standard InChI is InChI=1S/C15H12FN5O/c16-10-7-19-15(18)21-13(10)11-6-9(14(17)22)12(20-11)8-4-2-1-3-5-8/h1-7,20H,(H2,17,22)(H2,18,19,21). The molecule has 1 aromatic carbocycles. The zero-order valence-electron chi connectivity index (χ0n) is 11.4. The van der Waals surface area contributed by atoms with E-state index in [-0.39, 0.29) is 17.2 Å². The summed E-state index contributed by atoms with van der Waals surface area (Å²) in [5, 5.41) is 0. The number of nitrogens with zero attached hydrogens (tertiary/aromatic N) is 2. The van der Waals surface area contributed by atoms with Crippen LogP contribution in [0.2, 0.25) is 0 Å². The van der Waals surface area contributed by atoms with Gasteiger partial charge >= 0.3 is 0 Å². The van der Waals surface area contributed by atoms with Gasteiger partial charge in [-0.15, -0.1) is 0 Å². The Morgan fingerprint density at radius 2 is 1.95 bits per heavy atom. The van der Waals surface area contributed by atoms with E-state index in [1.807, 2.05) is 30.3 Å². The second-order valence-corrected chi connectivity index (χ2v) is 4.63. The first-order valence-corrected chi connectivity index (χ1v) is 6.43. The molecule has 0 saturated carbocycles. The molecule has 1 amide bonds. The van der Waals surface area contributed by atoms with Crippen LogP contribution in [0.4, 0.5) is 10.3 Å². The number of anilines is 1. The number of nitrogens with two attached hydrogens (primary N) is 2. The predicted octanol–water partition coefficient (Wildman–Crippen LogP) is 1.96. The van der Waals surface area contributed by atoms with Crippen LogP contribution in [-0.2, 0) is 0 Å². The van der Waals surface area contributed by atoms with Gasteiger partial charge in [-0.3, -0.25) is 4.79 Å². The van der Waals surface area contributed by atoms with Gasteiger partial charge in [-0.05, 0) is 11.6 Å². The number of hydrogen-bond donors (Lipinski definition) is 3. The van der Waals surface area contributed by atoms with Crippen LogP contribution in [0.15, 0.2) is 42.6 Å². The van der Waals surface area contributed by atoms with E-state index < -0.39 is 11.7 Å². The summed E-state index contributed by atoms with van der Waals surface area (Å²) in [7, 11) is 0. The zero-order chi connectivity index (χ0) is 15.7. The fourth-order valence-corrected chi connectivity index (χ4v) is 2.18.